The Labute approximate surface area is 194 Å². The molecule has 1 fully saturated rings. The summed E-state index contributed by atoms with van der Waals surface area (Å²) in [5.74, 6) is -3.13. The first kappa shape index (κ1) is 27.9. The van der Waals surface area contributed by atoms with Crippen LogP contribution in [0.15, 0.2) is 15.8 Å². The molecule has 0 aromatic carbocycles. The highest BCUT2D eigenvalue weighted by Crippen LogP contribution is 2.30. The summed E-state index contributed by atoms with van der Waals surface area (Å²) in [4.78, 5) is 60.3. The van der Waals surface area contributed by atoms with Gasteiger partial charge in [-0.1, -0.05) is 0 Å². The minimum Gasteiger partial charge on any atom is -0.480 e. The van der Waals surface area contributed by atoms with E-state index in [1.807, 2.05) is 10.3 Å². The molecule has 12 N–H and O–H groups in total. The zero-order valence-electron chi connectivity index (χ0n) is 17.8. The molecule has 1 aliphatic heterocycles. The van der Waals surface area contributed by atoms with Crippen molar-refractivity contribution in [1.82, 2.24) is 14.9 Å². The van der Waals surface area contributed by atoms with Gasteiger partial charge in [0.15, 0.2) is 12.3 Å². The molecule has 2 amide bonds. The zero-order valence-corrected chi connectivity index (χ0v) is 17.8. The molecule has 0 spiro atoms. The molecule has 18 nitrogen and oxygen atoms in total. The van der Waals surface area contributed by atoms with Gasteiger partial charge < -0.3 is 56.9 Å². The van der Waals surface area contributed by atoms with Crippen molar-refractivity contribution in [2.24, 2.45) is 11.5 Å². The van der Waals surface area contributed by atoms with Crippen LogP contribution in [-0.4, -0.2) is 107 Å². The van der Waals surface area contributed by atoms with Gasteiger partial charge in [0, 0.05) is 6.20 Å². The molecule has 0 aliphatic carbocycles. The number of aromatic amines is 1. The molecule has 8 atom stereocenters. The highest BCUT2D eigenvalue weighted by Gasteiger charge is 2.50. The summed E-state index contributed by atoms with van der Waals surface area (Å²) in [6.45, 7) is -1.63. The lowest BCUT2D eigenvalue weighted by Gasteiger charge is -2.27. The maximum Gasteiger partial charge on any atom is 0.404 e. The lowest BCUT2D eigenvalue weighted by atomic mass is 10.0. The monoisotopic (exact) mass is 507 g/mol. The number of amides is 2. The number of rotatable bonds is 10. The number of primary amides is 1. The van der Waals surface area contributed by atoms with E-state index < -0.39 is 91.3 Å². The molecule has 35 heavy (non-hydrogen) atoms. The Hall–Kier alpha value is -3.39. The fourth-order valence-electron chi connectivity index (χ4n) is 3.21. The molecular weight excluding hydrogens is 482 g/mol. The van der Waals surface area contributed by atoms with E-state index in [0.717, 1.165) is 6.20 Å². The van der Waals surface area contributed by atoms with Gasteiger partial charge in [0.1, 0.15) is 43.2 Å². The third-order valence-electron chi connectivity index (χ3n) is 5.11. The van der Waals surface area contributed by atoms with Gasteiger partial charge in [-0.3, -0.25) is 19.1 Å². The van der Waals surface area contributed by atoms with Crippen LogP contribution >= 0.6 is 0 Å². The number of aliphatic hydroxyl groups excluding tert-OH is 5. The first-order valence-corrected chi connectivity index (χ1v) is 9.84. The molecule has 0 bridgehead atoms. The SMILES string of the molecule is NC(=O)OC[C@H](O)[C@@H](O)[C@H](N)C(=O)N[C@H](C(=O)O)C1O[C@@H](n2cc(CO)c(=O)[nH]c2=O)C(O)C1O. The number of carbonyl (C=O) groups is 3. The standard InChI is InChI=1S/C17H25N5O13/c18-6(8(25)5(24)3-34-16(19)32)13(29)20-7(15(30)31)11-9(26)10(27)14(35-11)22-1-4(2-23)12(28)21-17(22)33/h1,5-11,14,23-27H,2-3,18H2,(H2,19,32)(H,20,29)(H,30,31)(H,21,28,33)/t5-,6-,7-,8+,9?,10?,11?,14+/m0/s1. The number of carbonyl (C=O) groups excluding carboxylic acids is 2. The third kappa shape index (κ3) is 6.19. The highest BCUT2D eigenvalue weighted by atomic mass is 16.6. The molecule has 1 aliphatic rings. The second kappa shape index (κ2) is 11.4. The number of aliphatic hydroxyl groups is 5. The van der Waals surface area contributed by atoms with Crippen molar-refractivity contribution in [3.8, 4) is 0 Å². The average Bonchev–Trinajstić information content (AvgIpc) is 3.08. The molecule has 1 saturated heterocycles. The number of nitrogens with two attached hydrogens (primary N) is 2. The molecule has 3 unspecified atom stereocenters. The molecule has 196 valence electrons. The molecule has 2 heterocycles. The topological polar surface area (TPSA) is 310 Å². The molecule has 0 radical (unpaired) electrons. The van der Waals surface area contributed by atoms with Crippen molar-refractivity contribution in [1.29, 1.82) is 0 Å². The Kier molecular flexibility index (Phi) is 9.04. The largest absolute Gasteiger partial charge is 0.480 e. The number of hydrogen-bond acceptors (Lipinski definition) is 13. The first-order valence-electron chi connectivity index (χ1n) is 9.84. The number of nitrogens with zero attached hydrogens (tertiary/aromatic N) is 1. The predicted molar refractivity (Wildman–Crippen MR) is 108 cm³/mol. The van der Waals surface area contributed by atoms with Gasteiger partial charge in [0.05, 0.1) is 12.2 Å². The van der Waals surface area contributed by atoms with E-state index in [1.54, 1.807) is 0 Å². The molecule has 0 saturated carbocycles. The number of carboxylic acid groups (broad SMARTS) is 1. The Morgan fingerprint density at radius 3 is 2.40 bits per heavy atom. The summed E-state index contributed by atoms with van der Waals surface area (Å²) in [6, 6.07) is -4.05. The maximum atomic E-state index is 12.4. The van der Waals surface area contributed by atoms with Crippen LogP contribution in [0, 0.1) is 0 Å². The Morgan fingerprint density at radius 1 is 1.23 bits per heavy atom. The van der Waals surface area contributed by atoms with E-state index in [1.165, 1.54) is 0 Å². The second-order valence-corrected chi connectivity index (χ2v) is 7.49. The van der Waals surface area contributed by atoms with Gasteiger partial charge in [0.25, 0.3) is 5.56 Å². The first-order chi connectivity index (χ1) is 16.3. The highest BCUT2D eigenvalue weighted by molar-refractivity contribution is 5.87. The number of nitrogens with one attached hydrogen (secondary N) is 2. The molecule has 1 aromatic heterocycles. The van der Waals surface area contributed by atoms with Gasteiger partial charge in [-0.25, -0.2) is 14.4 Å². The number of ether oxygens (including phenoxy) is 2. The normalized spacial score (nSPS) is 25.3. The Balaban J connectivity index is 2.22. The van der Waals surface area contributed by atoms with E-state index in [0.29, 0.717) is 4.57 Å². The van der Waals surface area contributed by atoms with Crippen LogP contribution in [0.2, 0.25) is 0 Å². The molecular formula is C17H25N5O13. The van der Waals surface area contributed by atoms with Crippen molar-refractivity contribution in [3.05, 3.63) is 32.6 Å². The van der Waals surface area contributed by atoms with Crippen LogP contribution in [-0.2, 0) is 25.7 Å². The van der Waals surface area contributed by atoms with Crippen LogP contribution in [0.25, 0.3) is 0 Å². The van der Waals surface area contributed by atoms with Gasteiger partial charge in [-0.05, 0) is 0 Å². The number of aromatic nitrogens is 2. The van der Waals surface area contributed by atoms with Gasteiger partial charge in [-0.2, -0.15) is 0 Å². The second-order valence-electron chi connectivity index (χ2n) is 7.49. The van der Waals surface area contributed by atoms with Crippen LogP contribution < -0.4 is 28.0 Å². The number of hydrogen-bond donors (Lipinski definition) is 10. The minimum atomic E-state index is -2.09. The van der Waals surface area contributed by atoms with Crippen molar-refractivity contribution >= 4 is 18.0 Å². The Morgan fingerprint density at radius 2 is 1.86 bits per heavy atom. The van der Waals surface area contributed by atoms with Crippen molar-refractivity contribution in [2.75, 3.05) is 6.61 Å². The number of H-pyrrole nitrogens is 1. The average molecular weight is 507 g/mol. The molecule has 2 rings (SSSR count). The zero-order chi connectivity index (χ0) is 26.6. The van der Waals surface area contributed by atoms with Gasteiger partial charge >= 0.3 is 17.8 Å². The number of carboxylic acids is 1. The minimum absolute atomic E-state index is 0.305. The van der Waals surface area contributed by atoms with E-state index >= 15 is 0 Å². The third-order valence-corrected chi connectivity index (χ3v) is 5.11. The van der Waals surface area contributed by atoms with E-state index in [4.69, 9.17) is 16.2 Å². The van der Waals surface area contributed by atoms with Crippen molar-refractivity contribution < 1.29 is 54.5 Å². The fraction of sp³-hybridized carbons (Fsp3) is 0.588. The summed E-state index contributed by atoms with van der Waals surface area (Å²) in [7, 11) is 0. The molecule has 18 heteroatoms. The van der Waals surface area contributed by atoms with Gasteiger partial charge in [0.2, 0.25) is 5.91 Å². The maximum absolute atomic E-state index is 12.4. The van der Waals surface area contributed by atoms with E-state index in [-0.39, 0.29) is 5.56 Å². The lowest BCUT2D eigenvalue weighted by Crippen LogP contribution is -2.60. The predicted octanol–water partition coefficient (Wildman–Crippen LogP) is -6.64. The fourth-order valence-corrected chi connectivity index (χ4v) is 3.21. The van der Waals surface area contributed by atoms with E-state index in [2.05, 4.69) is 4.74 Å². The lowest BCUT2D eigenvalue weighted by molar-refractivity contribution is -0.150. The summed E-state index contributed by atoms with van der Waals surface area (Å²) in [5, 5.41) is 61.0. The van der Waals surface area contributed by atoms with Crippen molar-refractivity contribution in [2.45, 2.75) is 55.4 Å². The van der Waals surface area contributed by atoms with Crippen molar-refractivity contribution in [3.63, 3.8) is 0 Å². The quantitative estimate of drug-likeness (QED) is 0.141. The van der Waals surface area contributed by atoms with Gasteiger partial charge in [-0.15, -0.1) is 0 Å². The smallest absolute Gasteiger partial charge is 0.404 e. The van der Waals surface area contributed by atoms with Crippen LogP contribution in [0.4, 0.5) is 4.79 Å². The molecule has 1 aromatic rings. The van der Waals surface area contributed by atoms with Crippen LogP contribution in [0.3, 0.4) is 0 Å². The Bertz CT molecular complexity index is 1060. The van der Waals surface area contributed by atoms with Crippen LogP contribution in [0.1, 0.15) is 11.8 Å². The van der Waals surface area contributed by atoms with E-state index in [9.17, 15) is 54.6 Å². The summed E-state index contributed by atoms with van der Waals surface area (Å²) < 4.78 is 10.2. The van der Waals surface area contributed by atoms with Crippen LogP contribution in [0.5, 0.6) is 0 Å². The number of aliphatic carboxylic acids is 1. The summed E-state index contributed by atoms with van der Waals surface area (Å²) in [6.07, 6.45) is -11.9. The summed E-state index contributed by atoms with van der Waals surface area (Å²) in [5.41, 5.74) is 7.89. The summed E-state index contributed by atoms with van der Waals surface area (Å²) >= 11 is 0.